The molecule has 0 aliphatic carbocycles. The number of amides is 3. The van der Waals surface area contributed by atoms with Crippen LogP contribution in [0.3, 0.4) is 0 Å². The van der Waals surface area contributed by atoms with Gasteiger partial charge >= 0.3 is 6.09 Å². The number of hydrogen-bond donors (Lipinski definition) is 3. The Hall–Kier alpha value is -6.01. The fourth-order valence-electron chi connectivity index (χ4n) is 8.57. The van der Waals surface area contributed by atoms with Crippen molar-refractivity contribution in [1.29, 1.82) is 0 Å². The van der Waals surface area contributed by atoms with E-state index in [1.807, 2.05) is 85.2 Å². The number of H-pyrrole nitrogens is 2. The Morgan fingerprint density at radius 3 is 2.11 bits per heavy atom. The van der Waals surface area contributed by atoms with Crippen LogP contribution in [0.25, 0.3) is 44.2 Å². The number of likely N-dealkylation sites (N-methyl/N-ethyl adjacent to an activating group) is 1. The summed E-state index contributed by atoms with van der Waals surface area (Å²) in [4.78, 5) is 62.2. The molecule has 294 valence electrons. The third kappa shape index (κ3) is 7.49. The molecule has 12 nitrogen and oxygen atoms in total. The number of aromatic nitrogens is 4. The summed E-state index contributed by atoms with van der Waals surface area (Å²) in [6, 6.07) is 27.7. The van der Waals surface area contributed by atoms with E-state index in [-0.39, 0.29) is 35.9 Å². The third-order valence-corrected chi connectivity index (χ3v) is 11.5. The number of methoxy groups -OCH3 is 1. The van der Waals surface area contributed by atoms with Crippen molar-refractivity contribution in [2.24, 2.45) is 5.92 Å². The van der Waals surface area contributed by atoms with Gasteiger partial charge in [0.1, 0.15) is 23.7 Å². The molecule has 12 heteroatoms. The summed E-state index contributed by atoms with van der Waals surface area (Å²) in [7, 11) is 5.21. The lowest BCUT2D eigenvalue weighted by atomic mass is 9.99. The standard InChI is InChI=1S/C45H50N8O4/c1-27(2)39(50-45(56)57-5)43(54)52-21-10-14-38(52)42-47-34-20-19-32(25-35(34)48-42)30-15-16-31-24-33(18-17-29(31)23-30)36-26-46-41(49-36)37-13-9-22-53(37)44(55)40(51(3)4)28-11-7-6-8-12-28/h6-8,11-12,15-20,23-27,37-40H,9-10,13-14,21-22H2,1-5H3,(H,46,49)(H,47,48)(H,50,56)/t37-,38-,39-,40+/m0/s1. The second kappa shape index (κ2) is 15.9. The van der Waals surface area contributed by atoms with Crippen molar-refractivity contribution >= 4 is 39.7 Å². The molecule has 2 aliphatic heterocycles. The van der Waals surface area contributed by atoms with Crippen LogP contribution in [0.4, 0.5) is 4.79 Å². The first kappa shape index (κ1) is 37.9. The molecule has 4 atom stereocenters. The van der Waals surface area contributed by atoms with Gasteiger partial charge in [-0.2, -0.15) is 0 Å². The number of aromatic amines is 2. The molecule has 0 saturated carbocycles. The number of carbonyl (C=O) groups is 3. The van der Waals surface area contributed by atoms with Gasteiger partial charge in [0, 0.05) is 18.7 Å². The van der Waals surface area contributed by atoms with E-state index in [1.165, 1.54) is 7.11 Å². The van der Waals surface area contributed by atoms with Gasteiger partial charge in [0.05, 0.1) is 42.1 Å². The van der Waals surface area contributed by atoms with Gasteiger partial charge < -0.3 is 29.8 Å². The smallest absolute Gasteiger partial charge is 0.407 e. The maximum absolute atomic E-state index is 14.0. The average Bonchev–Trinajstić information content (AvgIpc) is 4.05. The number of benzene rings is 4. The lowest BCUT2D eigenvalue weighted by Crippen LogP contribution is -2.51. The maximum atomic E-state index is 14.0. The Bertz CT molecular complexity index is 2420. The normalized spacial score (nSPS) is 18.2. The van der Waals surface area contributed by atoms with Crippen LogP contribution in [0.5, 0.6) is 0 Å². The van der Waals surface area contributed by atoms with Gasteiger partial charge in [-0.25, -0.2) is 14.8 Å². The van der Waals surface area contributed by atoms with Gasteiger partial charge in [0.15, 0.2) is 0 Å². The SMILES string of the molecule is COC(=O)N[C@H](C(=O)N1CCC[C@H]1c1nc2ccc(-c3ccc4cc(-c5cnc([C@@H]6CCCN6C(=O)[C@@H](c6ccccc6)N(C)C)[nH]5)ccc4c3)cc2[nH]1)C(C)C. The number of carbonyl (C=O) groups excluding carboxylic acids is 3. The second-order valence-corrected chi connectivity index (χ2v) is 15.8. The van der Waals surface area contributed by atoms with Crippen LogP contribution in [-0.2, 0) is 14.3 Å². The molecule has 3 amide bonds. The summed E-state index contributed by atoms with van der Waals surface area (Å²) in [5.41, 5.74) is 6.83. The van der Waals surface area contributed by atoms with Crippen molar-refractivity contribution in [1.82, 2.24) is 40.0 Å². The molecule has 2 aromatic heterocycles. The van der Waals surface area contributed by atoms with Gasteiger partial charge in [-0.15, -0.1) is 0 Å². The van der Waals surface area contributed by atoms with E-state index in [2.05, 4.69) is 63.8 Å². The molecule has 2 fully saturated rings. The Kier molecular flexibility index (Phi) is 10.5. The monoisotopic (exact) mass is 766 g/mol. The number of nitrogens with one attached hydrogen (secondary N) is 3. The summed E-state index contributed by atoms with van der Waals surface area (Å²) in [6.45, 7) is 5.14. The molecule has 3 N–H and O–H groups in total. The van der Waals surface area contributed by atoms with Gasteiger partial charge in [0.2, 0.25) is 11.8 Å². The quantitative estimate of drug-likeness (QED) is 0.129. The van der Waals surface area contributed by atoms with E-state index in [1.54, 1.807) is 0 Å². The average molecular weight is 767 g/mol. The first-order chi connectivity index (χ1) is 27.6. The topological polar surface area (TPSA) is 140 Å². The van der Waals surface area contributed by atoms with Crippen LogP contribution in [0.15, 0.2) is 91.1 Å². The minimum atomic E-state index is -0.684. The van der Waals surface area contributed by atoms with Crippen LogP contribution >= 0.6 is 0 Å². The number of imidazole rings is 2. The lowest BCUT2D eigenvalue weighted by molar-refractivity contribution is -0.137. The number of hydrogen-bond acceptors (Lipinski definition) is 7. The van der Waals surface area contributed by atoms with E-state index in [0.29, 0.717) is 13.1 Å². The first-order valence-corrected chi connectivity index (χ1v) is 19.9. The molecule has 0 spiro atoms. The van der Waals surface area contributed by atoms with Gasteiger partial charge in [-0.3, -0.25) is 14.5 Å². The van der Waals surface area contributed by atoms with Crippen molar-refractivity contribution < 1.29 is 19.1 Å². The Labute approximate surface area is 332 Å². The fraction of sp³-hybridized carbons (Fsp3) is 0.356. The zero-order valence-electron chi connectivity index (χ0n) is 33.2. The van der Waals surface area contributed by atoms with Crippen molar-refractivity contribution in [3.05, 3.63) is 108 Å². The number of alkyl carbamates (subject to hydrolysis) is 1. The zero-order valence-corrected chi connectivity index (χ0v) is 33.2. The molecule has 4 aromatic carbocycles. The molecule has 0 unspecified atom stereocenters. The highest BCUT2D eigenvalue weighted by atomic mass is 16.5. The highest BCUT2D eigenvalue weighted by Crippen LogP contribution is 2.37. The number of fused-ring (bicyclic) bond motifs is 2. The van der Waals surface area contributed by atoms with Crippen molar-refractivity contribution in [3.63, 3.8) is 0 Å². The highest BCUT2D eigenvalue weighted by molar-refractivity contribution is 5.92. The van der Waals surface area contributed by atoms with Crippen LogP contribution in [0, 0.1) is 5.92 Å². The predicted octanol–water partition coefficient (Wildman–Crippen LogP) is 7.78. The van der Waals surface area contributed by atoms with Crippen LogP contribution in [0.1, 0.15) is 74.9 Å². The summed E-state index contributed by atoms with van der Waals surface area (Å²) in [6.07, 6.45) is 4.71. The minimum absolute atomic E-state index is 0.0962. The molecule has 57 heavy (non-hydrogen) atoms. The molecule has 0 bridgehead atoms. The number of likely N-dealkylation sites (tertiary alicyclic amines) is 2. The highest BCUT2D eigenvalue weighted by Gasteiger charge is 2.38. The maximum Gasteiger partial charge on any atom is 0.407 e. The molecular formula is C45H50N8O4. The van der Waals surface area contributed by atoms with Crippen LogP contribution < -0.4 is 5.32 Å². The summed E-state index contributed by atoms with van der Waals surface area (Å²) >= 11 is 0. The largest absolute Gasteiger partial charge is 0.453 e. The van der Waals surface area contributed by atoms with Gasteiger partial charge in [0.25, 0.3) is 0 Å². The second-order valence-electron chi connectivity index (χ2n) is 15.8. The number of ether oxygens (including phenoxy) is 1. The van der Waals surface area contributed by atoms with Crippen molar-refractivity contribution in [2.45, 2.75) is 63.7 Å². The molecule has 8 rings (SSSR count). The molecule has 0 radical (unpaired) electrons. The number of rotatable bonds is 10. The van der Waals surface area contributed by atoms with Crippen LogP contribution in [0.2, 0.25) is 0 Å². The van der Waals surface area contributed by atoms with Gasteiger partial charge in [-0.05, 0) is 97.4 Å². The molecule has 4 heterocycles. The van der Waals surface area contributed by atoms with E-state index in [9.17, 15) is 14.4 Å². The van der Waals surface area contributed by atoms with Crippen molar-refractivity contribution in [2.75, 3.05) is 34.3 Å². The molecule has 2 aliphatic rings. The van der Waals surface area contributed by atoms with E-state index in [0.717, 1.165) is 87.1 Å². The molecule has 2 saturated heterocycles. The Balaban J connectivity index is 0.988. The summed E-state index contributed by atoms with van der Waals surface area (Å²) in [5, 5.41) is 4.94. The Morgan fingerprint density at radius 2 is 1.42 bits per heavy atom. The third-order valence-electron chi connectivity index (χ3n) is 11.5. The van der Waals surface area contributed by atoms with Crippen molar-refractivity contribution in [3.8, 4) is 22.4 Å². The zero-order chi connectivity index (χ0) is 39.8. The van der Waals surface area contributed by atoms with Gasteiger partial charge in [-0.1, -0.05) is 74.5 Å². The van der Waals surface area contributed by atoms with E-state index < -0.39 is 12.1 Å². The first-order valence-electron chi connectivity index (χ1n) is 19.9. The number of nitrogens with zero attached hydrogens (tertiary/aromatic N) is 5. The predicted molar refractivity (Wildman–Crippen MR) is 221 cm³/mol. The summed E-state index contributed by atoms with van der Waals surface area (Å²) < 4.78 is 4.78. The van der Waals surface area contributed by atoms with E-state index in [4.69, 9.17) is 14.7 Å². The summed E-state index contributed by atoms with van der Waals surface area (Å²) in [5.74, 6) is 1.43. The molecular weight excluding hydrogens is 717 g/mol. The minimum Gasteiger partial charge on any atom is -0.453 e. The Morgan fingerprint density at radius 1 is 0.789 bits per heavy atom. The fourth-order valence-corrected chi connectivity index (χ4v) is 8.57. The van der Waals surface area contributed by atoms with E-state index >= 15 is 0 Å². The lowest BCUT2D eigenvalue weighted by Gasteiger charge is -2.31. The molecule has 6 aromatic rings. The van der Waals surface area contributed by atoms with Crippen LogP contribution in [-0.4, -0.2) is 92.9 Å².